The maximum absolute atomic E-state index is 12.9. The molecule has 1 spiro atoms. The zero-order valence-electron chi connectivity index (χ0n) is 14.0. The first-order valence-corrected chi connectivity index (χ1v) is 9.05. The summed E-state index contributed by atoms with van der Waals surface area (Å²) in [6.45, 7) is 6.84. The Balaban J connectivity index is 1.62. The summed E-state index contributed by atoms with van der Waals surface area (Å²) >= 11 is 6.38. The van der Waals surface area contributed by atoms with E-state index in [0.29, 0.717) is 28.3 Å². The van der Waals surface area contributed by atoms with Gasteiger partial charge in [0.25, 0.3) is 5.56 Å². The molecule has 24 heavy (non-hydrogen) atoms. The highest BCUT2D eigenvalue weighted by Gasteiger charge is 2.39. The number of piperidine rings is 1. The molecular formula is C18H23ClN4O. The van der Waals surface area contributed by atoms with Crippen molar-refractivity contribution in [2.75, 3.05) is 26.2 Å². The quantitative estimate of drug-likeness (QED) is 0.847. The third-order valence-electron chi connectivity index (χ3n) is 5.66. The summed E-state index contributed by atoms with van der Waals surface area (Å²) in [5.41, 5.74) is 2.60. The Labute approximate surface area is 146 Å². The Morgan fingerprint density at radius 2 is 2.12 bits per heavy atom. The van der Waals surface area contributed by atoms with Gasteiger partial charge in [-0.3, -0.25) is 14.1 Å². The van der Waals surface area contributed by atoms with E-state index in [1.165, 1.54) is 19.3 Å². The van der Waals surface area contributed by atoms with Gasteiger partial charge in [-0.25, -0.2) is 4.98 Å². The van der Waals surface area contributed by atoms with Crippen molar-refractivity contribution in [3.05, 3.63) is 45.0 Å². The van der Waals surface area contributed by atoms with Gasteiger partial charge < -0.3 is 5.32 Å². The van der Waals surface area contributed by atoms with E-state index in [4.69, 9.17) is 11.6 Å². The molecule has 1 N–H and O–H groups in total. The lowest BCUT2D eigenvalue weighted by Crippen LogP contribution is -2.39. The van der Waals surface area contributed by atoms with E-state index in [9.17, 15) is 4.79 Å². The fraction of sp³-hybridized carbons (Fsp3) is 0.556. The van der Waals surface area contributed by atoms with Gasteiger partial charge >= 0.3 is 0 Å². The van der Waals surface area contributed by atoms with E-state index >= 15 is 0 Å². The minimum Gasteiger partial charge on any atom is -0.317 e. The first kappa shape index (κ1) is 16.1. The minimum atomic E-state index is -0.0417. The number of nitrogens with zero attached hydrogens (tertiary/aromatic N) is 3. The Kier molecular flexibility index (Phi) is 4.11. The van der Waals surface area contributed by atoms with Crippen molar-refractivity contribution in [3.63, 3.8) is 0 Å². The second-order valence-electron chi connectivity index (χ2n) is 7.28. The zero-order chi connectivity index (χ0) is 16.7. The van der Waals surface area contributed by atoms with E-state index < -0.39 is 0 Å². The van der Waals surface area contributed by atoms with Crippen LogP contribution in [-0.4, -0.2) is 40.5 Å². The van der Waals surface area contributed by atoms with Crippen molar-refractivity contribution in [2.24, 2.45) is 5.41 Å². The van der Waals surface area contributed by atoms with Crippen molar-refractivity contribution in [1.29, 1.82) is 0 Å². The zero-order valence-corrected chi connectivity index (χ0v) is 14.8. The molecule has 2 saturated heterocycles. The van der Waals surface area contributed by atoms with Crippen LogP contribution in [-0.2, 0) is 6.54 Å². The van der Waals surface area contributed by atoms with E-state index in [1.807, 2.05) is 19.1 Å². The molecular weight excluding hydrogens is 324 g/mol. The molecule has 0 radical (unpaired) electrons. The van der Waals surface area contributed by atoms with E-state index in [0.717, 1.165) is 31.7 Å². The summed E-state index contributed by atoms with van der Waals surface area (Å²) in [6.07, 6.45) is 5.44. The first-order valence-electron chi connectivity index (χ1n) is 8.67. The summed E-state index contributed by atoms with van der Waals surface area (Å²) in [4.78, 5) is 19.7. The van der Waals surface area contributed by atoms with Crippen LogP contribution in [0.2, 0.25) is 5.15 Å². The monoisotopic (exact) mass is 346 g/mol. The predicted octanol–water partition coefficient (Wildman–Crippen LogP) is 2.23. The smallest absolute Gasteiger partial charge is 0.263 e. The number of hydrogen-bond donors (Lipinski definition) is 1. The normalized spacial score (nSPS) is 20.9. The number of hydrogen-bond acceptors (Lipinski definition) is 4. The maximum Gasteiger partial charge on any atom is 0.263 e. The second kappa shape index (κ2) is 6.14. The predicted molar refractivity (Wildman–Crippen MR) is 95.6 cm³/mol. The molecule has 0 bridgehead atoms. The van der Waals surface area contributed by atoms with Crippen molar-refractivity contribution >= 4 is 17.2 Å². The molecule has 2 aliphatic rings. The number of aromatic nitrogens is 2. The third kappa shape index (κ3) is 2.75. The summed E-state index contributed by atoms with van der Waals surface area (Å²) in [6, 6.07) is 3.82. The Hall–Kier alpha value is -1.43. The number of pyridine rings is 1. The van der Waals surface area contributed by atoms with Crippen molar-refractivity contribution < 1.29 is 0 Å². The van der Waals surface area contributed by atoms with Gasteiger partial charge in [0.15, 0.2) is 0 Å². The highest BCUT2D eigenvalue weighted by Crippen LogP contribution is 2.39. The van der Waals surface area contributed by atoms with Crippen LogP contribution in [0, 0.1) is 12.3 Å². The van der Waals surface area contributed by atoms with Crippen LogP contribution in [0.25, 0.3) is 5.65 Å². The molecule has 4 heterocycles. The van der Waals surface area contributed by atoms with Crippen LogP contribution in [0.4, 0.5) is 0 Å². The van der Waals surface area contributed by atoms with Gasteiger partial charge in [0.2, 0.25) is 0 Å². The third-order valence-corrected chi connectivity index (χ3v) is 5.97. The maximum atomic E-state index is 12.9. The lowest BCUT2D eigenvalue weighted by atomic mass is 9.78. The molecule has 5 nitrogen and oxygen atoms in total. The lowest BCUT2D eigenvalue weighted by molar-refractivity contribution is 0.193. The fourth-order valence-corrected chi connectivity index (χ4v) is 4.41. The van der Waals surface area contributed by atoms with Crippen LogP contribution < -0.4 is 10.9 Å². The van der Waals surface area contributed by atoms with E-state index in [2.05, 4.69) is 15.2 Å². The molecule has 0 saturated carbocycles. The topological polar surface area (TPSA) is 49.6 Å². The SMILES string of the molecule is Cc1cccn2c(=O)c(CN3CCC4(CCNCC4)C3)c(Cl)nc12. The van der Waals surface area contributed by atoms with Crippen LogP contribution in [0.15, 0.2) is 23.1 Å². The van der Waals surface area contributed by atoms with Crippen LogP contribution in [0.3, 0.4) is 0 Å². The molecule has 2 aromatic rings. The van der Waals surface area contributed by atoms with Gasteiger partial charge in [0.05, 0.1) is 5.56 Å². The number of rotatable bonds is 2. The largest absolute Gasteiger partial charge is 0.317 e. The number of aryl methyl sites for hydroxylation is 1. The summed E-state index contributed by atoms with van der Waals surface area (Å²) in [5.74, 6) is 0. The minimum absolute atomic E-state index is 0.0417. The Morgan fingerprint density at radius 1 is 1.33 bits per heavy atom. The average molecular weight is 347 g/mol. The summed E-state index contributed by atoms with van der Waals surface area (Å²) in [5, 5.41) is 3.79. The molecule has 0 aliphatic carbocycles. The molecule has 0 atom stereocenters. The fourth-order valence-electron chi connectivity index (χ4n) is 4.19. The number of halogens is 1. The first-order chi connectivity index (χ1) is 11.6. The number of nitrogens with one attached hydrogen (secondary N) is 1. The van der Waals surface area contributed by atoms with Crippen LogP contribution in [0.5, 0.6) is 0 Å². The second-order valence-corrected chi connectivity index (χ2v) is 7.64. The van der Waals surface area contributed by atoms with Gasteiger partial charge in [-0.05, 0) is 62.9 Å². The van der Waals surface area contributed by atoms with Crippen molar-refractivity contribution in [3.8, 4) is 0 Å². The Bertz CT molecular complexity index is 826. The Morgan fingerprint density at radius 3 is 2.92 bits per heavy atom. The van der Waals surface area contributed by atoms with Crippen molar-refractivity contribution in [2.45, 2.75) is 32.7 Å². The van der Waals surface area contributed by atoms with Gasteiger partial charge in [-0.1, -0.05) is 17.7 Å². The molecule has 2 aliphatic heterocycles. The summed E-state index contributed by atoms with van der Waals surface area (Å²) in [7, 11) is 0. The standard InChI is InChI=1S/C18H23ClN4O/c1-13-3-2-9-23-16(13)21-15(19)14(17(23)24)11-22-10-6-18(12-22)4-7-20-8-5-18/h2-3,9,20H,4-8,10-12H2,1H3. The highest BCUT2D eigenvalue weighted by atomic mass is 35.5. The average Bonchev–Trinajstić information content (AvgIpc) is 2.95. The molecule has 2 fully saturated rings. The van der Waals surface area contributed by atoms with E-state index in [1.54, 1.807) is 10.6 Å². The van der Waals surface area contributed by atoms with Crippen LogP contribution >= 0.6 is 11.6 Å². The van der Waals surface area contributed by atoms with E-state index in [-0.39, 0.29) is 5.56 Å². The molecule has 4 rings (SSSR count). The van der Waals surface area contributed by atoms with Gasteiger partial charge in [0.1, 0.15) is 10.8 Å². The summed E-state index contributed by atoms with van der Waals surface area (Å²) < 4.78 is 1.62. The van der Waals surface area contributed by atoms with Gasteiger partial charge in [0, 0.05) is 19.3 Å². The molecule has 0 amide bonds. The lowest BCUT2D eigenvalue weighted by Gasteiger charge is -2.33. The van der Waals surface area contributed by atoms with Gasteiger partial charge in [-0.15, -0.1) is 0 Å². The molecule has 0 unspecified atom stereocenters. The van der Waals surface area contributed by atoms with Crippen molar-refractivity contribution in [1.82, 2.24) is 19.6 Å². The number of likely N-dealkylation sites (tertiary alicyclic amines) is 1. The highest BCUT2D eigenvalue weighted by molar-refractivity contribution is 6.30. The van der Waals surface area contributed by atoms with Crippen LogP contribution in [0.1, 0.15) is 30.4 Å². The number of fused-ring (bicyclic) bond motifs is 1. The van der Waals surface area contributed by atoms with Gasteiger partial charge in [-0.2, -0.15) is 0 Å². The molecule has 128 valence electrons. The molecule has 6 heteroatoms. The molecule has 2 aromatic heterocycles. The molecule has 0 aromatic carbocycles.